The van der Waals surface area contributed by atoms with Crippen LogP contribution in [0.15, 0.2) is 24.5 Å². The van der Waals surface area contributed by atoms with Crippen molar-refractivity contribution in [3.8, 4) is 0 Å². The summed E-state index contributed by atoms with van der Waals surface area (Å²) in [7, 11) is 1.35. The van der Waals surface area contributed by atoms with Gasteiger partial charge in [0.25, 0.3) is 0 Å². The maximum Gasteiger partial charge on any atom is 0.307 e. The number of ether oxygens (including phenoxy) is 1. The molecule has 5 nitrogen and oxygen atoms in total. The highest BCUT2D eigenvalue weighted by Crippen LogP contribution is 2.19. The number of methoxy groups -OCH3 is 1. The molecule has 0 aliphatic rings. The lowest BCUT2D eigenvalue weighted by molar-refractivity contribution is -0.144. The highest BCUT2D eigenvalue weighted by molar-refractivity contribution is 5.82. The Hall–Kier alpha value is -1.91. The number of pyridine rings is 1. The minimum Gasteiger partial charge on any atom is -0.469 e. The Morgan fingerprint density at radius 2 is 2.05 bits per heavy atom. The zero-order chi connectivity index (χ0) is 15.2. The zero-order valence-electron chi connectivity index (χ0n) is 12.5. The monoisotopic (exact) mass is 278 g/mol. The van der Waals surface area contributed by atoms with Crippen LogP contribution in [0.25, 0.3) is 0 Å². The van der Waals surface area contributed by atoms with Gasteiger partial charge in [0.1, 0.15) is 0 Å². The second-order valence-corrected chi connectivity index (χ2v) is 5.66. The highest BCUT2D eigenvalue weighted by Gasteiger charge is 2.27. The van der Waals surface area contributed by atoms with E-state index in [9.17, 15) is 9.59 Å². The number of carbonyl (C=O) groups is 2. The largest absolute Gasteiger partial charge is 0.469 e. The van der Waals surface area contributed by atoms with Crippen LogP contribution < -0.4 is 0 Å². The smallest absolute Gasteiger partial charge is 0.307 e. The van der Waals surface area contributed by atoms with Crippen molar-refractivity contribution >= 4 is 11.9 Å². The van der Waals surface area contributed by atoms with Crippen LogP contribution in [-0.2, 0) is 20.9 Å². The topological polar surface area (TPSA) is 59.5 Å². The molecule has 20 heavy (non-hydrogen) atoms. The third-order valence-electron chi connectivity index (χ3n) is 2.84. The van der Waals surface area contributed by atoms with Crippen LogP contribution in [0.4, 0.5) is 0 Å². The maximum absolute atomic E-state index is 12.4. The lowest BCUT2D eigenvalue weighted by Crippen LogP contribution is -2.40. The molecule has 0 saturated carbocycles. The predicted molar refractivity (Wildman–Crippen MR) is 75.7 cm³/mol. The van der Waals surface area contributed by atoms with Crippen LogP contribution in [0.5, 0.6) is 0 Å². The van der Waals surface area contributed by atoms with Crippen LogP contribution >= 0.6 is 0 Å². The molecule has 0 radical (unpaired) electrons. The SMILES string of the molecule is COC(=O)CCN(Cc1cccnc1)C(=O)C(C)(C)C. The number of nitrogens with zero attached hydrogens (tertiary/aromatic N) is 2. The third kappa shape index (κ3) is 4.99. The Kier molecular flexibility index (Phi) is 5.67. The molecule has 0 saturated heterocycles. The first kappa shape index (κ1) is 16.1. The molecule has 0 bridgehead atoms. The fourth-order valence-electron chi connectivity index (χ4n) is 1.77. The summed E-state index contributed by atoms with van der Waals surface area (Å²) in [6.07, 6.45) is 3.60. The van der Waals surface area contributed by atoms with Crippen LogP contribution in [0.3, 0.4) is 0 Å². The fraction of sp³-hybridized carbons (Fsp3) is 0.533. The van der Waals surface area contributed by atoms with Gasteiger partial charge in [0.15, 0.2) is 0 Å². The van der Waals surface area contributed by atoms with Crippen LogP contribution in [0, 0.1) is 5.41 Å². The maximum atomic E-state index is 12.4. The molecule has 0 fully saturated rings. The third-order valence-corrected chi connectivity index (χ3v) is 2.84. The van der Waals surface area contributed by atoms with E-state index < -0.39 is 5.41 Å². The summed E-state index contributed by atoms with van der Waals surface area (Å²) >= 11 is 0. The zero-order valence-corrected chi connectivity index (χ0v) is 12.5. The van der Waals surface area contributed by atoms with Crippen LogP contribution in [0.1, 0.15) is 32.8 Å². The molecule has 0 unspecified atom stereocenters. The van der Waals surface area contributed by atoms with Crippen molar-refractivity contribution in [3.05, 3.63) is 30.1 Å². The second kappa shape index (κ2) is 7.03. The Bertz CT molecular complexity index is 452. The fourth-order valence-corrected chi connectivity index (χ4v) is 1.77. The van der Waals surface area contributed by atoms with Crippen molar-refractivity contribution in [1.82, 2.24) is 9.88 Å². The second-order valence-electron chi connectivity index (χ2n) is 5.66. The number of esters is 1. The van der Waals surface area contributed by atoms with Crippen molar-refractivity contribution in [2.45, 2.75) is 33.7 Å². The summed E-state index contributed by atoms with van der Waals surface area (Å²) in [6, 6.07) is 3.74. The van der Waals surface area contributed by atoms with E-state index in [2.05, 4.69) is 9.72 Å². The lowest BCUT2D eigenvalue weighted by atomic mass is 9.94. The van der Waals surface area contributed by atoms with E-state index in [0.29, 0.717) is 13.1 Å². The Morgan fingerprint density at radius 1 is 1.35 bits per heavy atom. The first-order valence-electron chi connectivity index (χ1n) is 6.59. The van der Waals surface area contributed by atoms with E-state index in [4.69, 9.17) is 0 Å². The number of amides is 1. The predicted octanol–water partition coefficient (Wildman–Crippen LogP) is 2.02. The summed E-state index contributed by atoms with van der Waals surface area (Å²) in [5, 5.41) is 0. The highest BCUT2D eigenvalue weighted by atomic mass is 16.5. The molecule has 0 spiro atoms. The van der Waals surface area contributed by atoms with Gasteiger partial charge >= 0.3 is 5.97 Å². The summed E-state index contributed by atoms with van der Waals surface area (Å²) in [6.45, 7) is 6.38. The van der Waals surface area contributed by atoms with Crippen molar-refractivity contribution in [2.24, 2.45) is 5.41 Å². The quantitative estimate of drug-likeness (QED) is 0.773. The lowest BCUT2D eigenvalue weighted by Gasteiger charge is -2.29. The van der Waals surface area contributed by atoms with E-state index >= 15 is 0 Å². The van der Waals surface area contributed by atoms with Gasteiger partial charge < -0.3 is 9.64 Å². The van der Waals surface area contributed by atoms with Crippen molar-refractivity contribution < 1.29 is 14.3 Å². The number of hydrogen-bond donors (Lipinski definition) is 0. The van der Waals surface area contributed by atoms with Gasteiger partial charge in [-0.3, -0.25) is 14.6 Å². The first-order chi connectivity index (χ1) is 9.34. The Labute approximate surface area is 119 Å². The van der Waals surface area contributed by atoms with E-state index in [1.165, 1.54) is 7.11 Å². The minimum absolute atomic E-state index is 0.00487. The van der Waals surface area contributed by atoms with Gasteiger partial charge in [0.05, 0.1) is 13.5 Å². The molecule has 110 valence electrons. The molecule has 1 rings (SSSR count). The molecular weight excluding hydrogens is 256 g/mol. The molecule has 1 aromatic heterocycles. The van der Waals surface area contributed by atoms with Gasteiger partial charge in [-0.2, -0.15) is 0 Å². The molecule has 1 aromatic rings. The van der Waals surface area contributed by atoms with Gasteiger partial charge in [0.2, 0.25) is 5.91 Å². The summed E-state index contributed by atoms with van der Waals surface area (Å²) in [5.41, 5.74) is 0.452. The van der Waals surface area contributed by atoms with Crippen molar-refractivity contribution in [3.63, 3.8) is 0 Å². The van der Waals surface area contributed by atoms with Gasteiger partial charge in [-0.25, -0.2) is 0 Å². The number of carbonyl (C=O) groups excluding carboxylic acids is 2. The molecule has 0 atom stereocenters. The molecular formula is C15H22N2O3. The molecule has 0 N–H and O–H groups in total. The molecule has 0 aromatic carbocycles. The molecule has 0 aliphatic carbocycles. The summed E-state index contributed by atoms with van der Waals surface area (Å²) in [4.78, 5) is 29.4. The number of rotatable bonds is 5. The van der Waals surface area contributed by atoms with Crippen LogP contribution in [0.2, 0.25) is 0 Å². The average Bonchev–Trinajstić information content (AvgIpc) is 2.42. The van der Waals surface area contributed by atoms with E-state index in [1.807, 2.05) is 32.9 Å². The number of aromatic nitrogens is 1. The van der Waals surface area contributed by atoms with Gasteiger partial charge in [0, 0.05) is 30.9 Å². The summed E-state index contributed by atoms with van der Waals surface area (Å²) < 4.78 is 4.63. The van der Waals surface area contributed by atoms with Gasteiger partial charge in [-0.1, -0.05) is 26.8 Å². The minimum atomic E-state index is -0.488. The van der Waals surface area contributed by atoms with Crippen molar-refractivity contribution in [2.75, 3.05) is 13.7 Å². The average molecular weight is 278 g/mol. The molecule has 0 aliphatic heterocycles. The Morgan fingerprint density at radius 3 is 2.55 bits per heavy atom. The van der Waals surface area contributed by atoms with E-state index in [-0.39, 0.29) is 18.3 Å². The molecule has 5 heteroatoms. The van der Waals surface area contributed by atoms with Gasteiger partial charge in [-0.05, 0) is 11.6 Å². The standard InChI is InChI=1S/C15H22N2O3/c1-15(2,3)14(19)17(9-7-13(18)20-4)11-12-6-5-8-16-10-12/h5-6,8,10H,7,9,11H2,1-4H3. The van der Waals surface area contributed by atoms with E-state index in [0.717, 1.165) is 5.56 Å². The number of hydrogen-bond acceptors (Lipinski definition) is 4. The van der Waals surface area contributed by atoms with Gasteiger partial charge in [-0.15, -0.1) is 0 Å². The molecule has 1 amide bonds. The first-order valence-corrected chi connectivity index (χ1v) is 6.59. The van der Waals surface area contributed by atoms with Crippen molar-refractivity contribution in [1.29, 1.82) is 0 Å². The summed E-state index contributed by atoms with van der Waals surface area (Å²) in [5.74, 6) is -0.312. The van der Waals surface area contributed by atoms with E-state index in [1.54, 1.807) is 17.3 Å². The normalized spacial score (nSPS) is 11.0. The van der Waals surface area contributed by atoms with Crippen LogP contribution in [-0.4, -0.2) is 35.4 Å². The molecule has 1 heterocycles. The Balaban J connectivity index is 2.79.